The minimum absolute atomic E-state index is 0.0376. The van der Waals surface area contributed by atoms with Crippen LogP contribution in [0.4, 0.5) is 0 Å². The van der Waals surface area contributed by atoms with Crippen LogP contribution in [0.25, 0.3) is 0 Å². The van der Waals surface area contributed by atoms with Crippen molar-refractivity contribution in [2.45, 2.75) is 161 Å². The molecule has 3 fully saturated rings. The first-order valence-corrected chi connectivity index (χ1v) is 21.6. The van der Waals surface area contributed by atoms with E-state index in [1.165, 1.54) is 0 Å². The van der Waals surface area contributed by atoms with Crippen molar-refractivity contribution >= 4 is 75.6 Å². The fraction of sp³-hybridized carbons (Fsp3) is 0.750. The molecule has 0 aromatic rings. The van der Waals surface area contributed by atoms with Gasteiger partial charge in [-0.3, -0.25) is 47.9 Å². The number of carbonyl (C=O) groups excluding carboxylic acids is 10. The SMILES string of the molecule is CC(=O)OC[C@H]1O[C@H](O[C@@H]2[C@H](OC(C)=O)[C@@H](OC(C)=O)[C@H](O[C@H]3[C@H](OC(C)=O)[C@@H](OC(C)=O)[C@H](OCCBr)O[C@@H]3COC(C)=O)O[C@@H]2COC(C)=O)[C@H](OC(C)=O)[C@@H](OC(C)=O)[C@H]1OC(C)=O. The molecule has 3 aliphatic rings. The Hall–Kier alpha value is -5.06. The summed E-state index contributed by atoms with van der Waals surface area (Å²) in [4.78, 5) is 125. The van der Waals surface area contributed by atoms with Gasteiger partial charge in [-0.05, 0) is 0 Å². The zero-order valence-electron chi connectivity index (χ0n) is 38.2. The minimum Gasteiger partial charge on any atom is -0.463 e. The molecule has 0 N–H and O–H groups in total. The van der Waals surface area contributed by atoms with Crippen LogP contribution in [0.5, 0.6) is 0 Å². The number of hydrogen-bond donors (Lipinski definition) is 0. The van der Waals surface area contributed by atoms with Gasteiger partial charge in [0.25, 0.3) is 0 Å². The molecular formula is C40H55BrO26. The van der Waals surface area contributed by atoms with Gasteiger partial charge in [-0.2, -0.15) is 0 Å². The molecule has 0 aliphatic carbocycles. The summed E-state index contributed by atoms with van der Waals surface area (Å²) < 4.78 is 91.8. The smallest absolute Gasteiger partial charge is 0.303 e. The van der Waals surface area contributed by atoms with Gasteiger partial charge in [-0.15, -0.1) is 0 Å². The van der Waals surface area contributed by atoms with Crippen molar-refractivity contribution in [1.82, 2.24) is 0 Å². The lowest BCUT2D eigenvalue weighted by atomic mass is 9.95. The summed E-state index contributed by atoms with van der Waals surface area (Å²) in [5, 5.41) is 0.258. The number of hydrogen-bond acceptors (Lipinski definition) is 26. The van der Waals surface area contributed by atoms with Gasteiger partial charge < -0.3 is 75.8 Å². The van der Waals surface area contributed by atoms with E-state index >= 15 is 0 Å². The average molecular weight is 1030 g/mol. The Morgan fingerprint density at radius 2 is 0.597 bits per heavy atom. The molecule has 0 unspecified atom stereocenters. The van der Waals surface area contributed by atoms with Gasteiger partial charge in [0.05, 0.1) is 6.61 Å². The van der Waals surface area contributed by atoms with E-state index in [2.05, 4.69) is 15.9 Å². The third-order valence-corrected chi connectivity index (χ3v) is 9.51. The Kier molecular flexibility index (Phi) is 22.2. The molecule has 3 saturated heterocycles. The Balaban J connectivity index is 2.30. The highest BCUT2D eigenvalue weighted by Gasteiger charge is 2.60. The molecule has 0 spiro atoms. The molecule has 27 heteroatoms. The number of esters is 10. The van der Waals surface area contributed by atoms with Crippen LogP contribution < -0.4 is 0 Å². The normalized spacial score (nSPS) is 31.4. The fourth-order valence-electron chi connectivity index (χ4n) is 7.05. The lowest BCUT2D eigenvalue weighted by Gasteiger charge is -2.50. The topological polar surface area (TPSA) is 318 Å². The van der Waals surface area contributed by atoms with Crippen molar-refractivity contribution in [2.75, 3.05) is 31.8 Å². The van der Waals surface area contributed by atoms with Gasteiger partial charge in [0.15, 0.2) is 61.6 Å². The highest BCUT2D eigenvalue weighted by Crippen LogP contribution is 2.38. The summed E-state index contributed by atoms with van der Waals surface area (Å²) in [5.74, 6) is -9.32. The van der Waals surface area contributed by atoms with Crippen molar-refractivity contribution < 1.29 is 124 Å². The molecule has 0 aromatic carbocycles. The van der Waals surface area contributed by atoms with Crippen LogP contribution in [0.3, 0.4) is 0 Å². The fourth-order valence-corrected chi connectivity index (χ4v) is 7.24. The van der Waals surface area contributed by atoms with Crippen LogP contribution in [0.2, 0.25) is 0 Å². The standard InChI is InChI=1S/C40H55BrO26/c1-16(42)53-13-26-29(56-19(4)45)32(57-20(5)46)36(61-24(9)50)39(64-26)67-31-28(15-55-18(3)44)65-40(37(62-25(10)51)34(31)59-22(7)48)66-30-27(14-54-17(2)43)63-38(52-12-11-41)35(60-23(8)49)33(30)58-21(6)47/h26-40H,11-15H2,1-10H3/t26-,27-,28-,29+,30-,31+,32+,33+,34+,35-,36-,37-,38-,39-,40+/m1/s1. The number of ether oxygens (including phenoxy) is 16. The molecule has 0 radical (unpaired) electrons. The van der Waals surface area contributed by atoms with E-state index in [0.717, 1.165) is 69.2 Å². The van der Waals surface area contributed by atoms with Crippen LogP contribution in [0.15, 0.2) is 0 Å². The molecule has 3 rings (SSSR count). The summed E-state index contributed by atoms with van der Waals surface area (Å²) in [6, 6.07) is 0. The number of halogens is 1. The Labute approximate surface area is 391 Å². The van der Waals surface area contributed by atoms with Gasteiger partial charge in [0.2, 0.25) is 0 Å². The van der Waals surface area contributed by atoms with Crippen molar-refractivity contribution in [2.24, 2.45) is 0 Å². The zero-order chi connectivity index (χ0) is 50.3. The van der Waals surface area contributed by atoms with Crippen molar-refractivity contribution in [3.63, 3.8) is 0 Å². The maximum atomic E-state index is 13.0. The molecule has 15 atom stereocenters. The number of rotatable bonds is 20. The van der Waals surface area contributed by atoms with E-state index in [4.69, 9.17) is 75.8 Å². The predicted octanol–water partition coefficient (Wildman–Crippen LogP) is -0.446. The van der Waals surface area contributed by atoms with Crippen molar-refractivity contribution in [3.05, 3.63) is 0 Å². The second-order valence-corrected chi connectivity index (χ2v) is 15.6. The molecule has 0 aromatic heterocycles. The molecule has 0 saturated carbocycles. The number of carbonyl (C=O) groups is 10. The molecule has 67 heavy (non-hydrogen) atoms. The van der Waals surface area contributed by atoms with Gasteiger partial charge in [-0.1, -0.05) is 15.9 Å². The maximum absolute atomic E-state index is 13.0. The zero-order valence-corrected chi connectivity index (χ0v) is 39.8. The predicted molar refractivity (Wildman–Crippen MR) is 214 cm³/mol. The van der Waals surface area contributed by atoms with E-state index in [9.17, 15) is 47.9 Å². The van der Waals surface area contributed by atoms with Crippen LogP contribution in [-0.2, 0) is 124 Å². The molecule has 0 bridgehead atoms. The van der Waals surface area contributed by atoms with E-state index in [1.54, 1.807) is 0 Å². The molecule has 3 heterocycles. The van der Waals surface area contributed by atoms with Gasteiger partial charge >= 0.3 is 59.7 Å². The van der Waals surface area contributed by atoms with Gasteiger partial charge in [0.1, 0.15) is 50.3 Å². The molecule has 0 amide bonds. The minimum atomic E-state index is -1.99. The van der Waals surface area contributed by atoms with Crippen LogP contribution >= 0.6 is 15.9 Å². The van der Waals surface area contributed by atoms with E-state index in [0.29, 0.717) is 0 Å². The van der Waals surface area contributed by atoms with E-state index in [-0.39, 0.29) is 11.9 Å². The molecule has 3 aliphatic heterocycles. The lowest BCUT2D eigenvalue weighted by molar-refractivity contribution is -0.380. The summed E-state index contributed by atoms with van der Waals surface area (Å²) >= 11 is 3.22. The van der Waals surface area contributed by atoms with E-state index < -0.39 is 172 Å². The van der Waals surface area contributed by atoms with Gasteiger partial charge in [-0.25, -0.2) is 0 Å². The summed E-state index contributed by atoms with van der Waals surface area (Å²) in [7, 11) is 0. The third-order valence-electron chi connectivity index (χ3n) is 9.18. The first kappa shape index (κ1) is 56.3. The Morgan fingerprint density at radius 1 is 0.343 bits per heavy atom. The second-order valence-electron chi connectivity index (χ2n) is 14.8. The summed E-state index contributed by atoms with van der Waals surface area (Å²) in [6.07, 6.45) is -26.0. The monoisotopic (exact) mass is 1030 g/mol. The summed E-state index contributed by atoms with van der Waals surface area (Å²) in [6.45, 7) is 8.00. The average Bonchev–Trinajstić information content (AvgIpc) is 3.19. The number of alkyl halides is 1. The van der Waals surface area contributed by atoms with Crippen molar-refractivity contribution in [1.29, 1.82) is 0 Å². The Bertz CT molecular complexity index is 1790. The quantitative estimate of drug-likeness (QED) is 0.0847. The first-order chi connectivity index (χ1) is 31.4. The van der Waals surface area contributed by atoms with Crippen LogP contribution in [-0.4, -0.2) is 184 Å². The van der Waals surface area contributed by atoms with Crippen LogP contribution in [0, 0.1) is 0 Å². The highest BCUT2D eigenvalue weighted by atomic mass is 79.9. The molecule has 378 valence electrons. The van der Waals surface area contributed by atoms with E-state index in [1.807, 2.05) is 0 Å². The van der Waals surface area contributed by atoms with Gasteiger partial charge in [0, 0.05) is 74.6 Å². The third kappa shape index (κ3) is 17.5. The molecular weight excluding hydrogens is 976 g/mol. The lowest BCUT2D eigenvalue weighted by Crippen LogP contribution is -2.69. The van der Waals surface area contributed by atoms with Crippen molar-refractivity contribution in [3.8, 4) is 0 Å². The largest absolute Gasteiger partial charge is 0.463 e. The second kappa shape index (κ2) is 26.5. The molecule has 26 nitrogen and oxygen atoms in total. The summed E-state index contributed by atoms with van der Waals surface area (Å²) in [5.41, 5.74) is 0. The van der Waals surface area contributed by atoms with Crippen LogP contribution in [0.1, 0.15) is 69.2 Å². The first-order valence-electron chi connectivity index (χ1n) is 20.5. The highest BCUT2D eigenvalue weighted by molar-refractivity contribution is 9.09. The Morgan fingerprint density at radius 3 is 0.896 bits per heavy atom. The maximum Gasteiger partial charge on any atom is 0.303 e.